The number of rotatable bonds is 6. The number of thiophene rings is 1. The molecule has 8 heteroatoms. The molecule has 0 saturated heterocycles. The maximum absolute atomic E-state index is 12.4. The minimum Gasteiger partial charge on any atom is -0.340 e. The molecule has 0 unspecified atom stereocenters. The van der Waals surface area contributed by atoms with Crippen molar-refractivity contribution in [2.24, 2.45) is 0 Å². The first-order valence-corrected chi connectivity index (χ1v) is 9.85. The van der Waals surface area contributed by atoms with Crippen LogP contribution in [0.5, 0.6) is 0 Å². The standard InChI is InChI=1S/C16H19ClN2O3S2/c1-12-6-4-5-7-13(12)10-18(2)15(20)11-19(3)24(21,22)16-9-8-14(17)23-16/h4-9H,10-11H2,1-3H3. The van der Waals surface area contributed by atoms with Gasteiger partial charge in [-0.1, -0.05) is 35.9 Å². The molecule has 1 aromatic heterocycles. The largest absolute Gasteiger partial charge is 0.340 e. The van der Waals surface area contributed by atoms with Crippen molar-refractivity contribution in [3.8, 4) is 0 Å². The number of likely N-dealkylation sites (N-methyl/N-ethyl adjacent to an activating group) is 2. The van der Waals surface area contributed by atoms with E-state index in [2.05, 4.69) is 0 Å². The number of nitrogens with zero attached hydrogens (tertiary/aromatic N) is 2. The Morgan fingerprint density at radius 2 is 1.83 bits per heavy atom. The van der Waals surface area contributed by atoms with Crippen molar-refractivity contribution in [3.63, 3.8) is 0 Å². The lowest BCUT2D eigenvalue weighted by molar-refractivity contribution is -0.130. The normalized spacial score (nSPS) is 11.7. The lowest BCUT2D eigenvalue weighted by atomic mass is 10.1. The first-order chi connectivity index (χ1) is 11.2. The van der Waals surface area contributed by atoms with Gasteiger partial charge in [-0.15, -0.1) is 11.3 Å². The van der Waals surface area contributed by atoms with E-state index in [0.29, 0.717) is 10.9 Å². The lowest BCUT2D eigenvalue weighted by Crippen LogP contribution is -2.38. The van der Waals surface area contributed by atoms with Crippen LogP contribution in [0.3, 0.4) is 0 Å². The van der Waals surface area contributed by atoms with Gasteiger partial charge < -0.3 is 4.90 Å². The van der Waals surface area contributed by atoms with Crippen LogP contribution in [-0.2, 0) is 21.4 Å². The third-order valence-corrected chi connectivity index (χ3v) is 7.17. The summed E-state index contributed by atoms with van der Waals surface area (Å²) in [7, 11) is -0.653. The number of hydrogen-bond donors (Lipinski definition) is 0. The van der Waals surface area contributed by atoms with Crippen molar-refractivity contribution in [1.29, 1.82) is 0 Å². The Balaban J connectivity index is 2.04. The topological polar surface area (TPSA) is 57.7 Å². The van der Waals surface area contributed by atoms with Crippen LogP contribution in [0.15, 0.2) is 40.6 Å². The number of carbonyl (C=O) groups excluding carboxylic acids is 1. The fourth-order valence-corrected chi connectivity index (χ4v) is 4.93. The van der Waals surface area contributed by atoms with Crippen molar-refractivity contribution < 1.29 is 13.2 Å². The summed E-state index contributed by atoms with van der Waals surface area (Å²) in [5, 5.41) is 0. The second-order valence-electron chi connectivity index (χ2n) is 5.50. The van der Waals surface area contributed by atoms with Crippen LogP contribution in [0.2, 0.25) is 4.34 Å². The van der Waals surface area contributed by atoms with E-state index in [4.69, 9.17) is 11.6 Å². The van der Waals surface area contributed by atoms with Crippen LogP contribution >= 0.6 is 22.9 Å². The number of carbonyl (C=O) groups is 1. The summed E-state index contributed by atoms with van der Waals surface area (Å²) < 4.78 is 26.4. The molecule has 0 fully saturated rings. The zero-order valence-corrected chi connectivity index (χ0v) is 16.1. The highest BCUT2D eigenvalue weighted by Gasteiger charge is 2.25. The van der Waals surface area contributed by atoms with Crippen LogP contribution in [0.25, 0.3) is 0 Å². The Morgan fingerprint density at radius 1 is 1.17 bits per heavy atom. The summed E-state index contributed by atoms with van der Waals surface area (Å²) in [4.78, 5) is 13.9. The Bertz CT molecular complexity index is 833. The molecule has 0 aliphatic heterocycles. The maximum atomic E-state index is 12.4. The van der Waals surface area contributed by atoms with Gasteiger partial charge in [0.25, 0.3) is 10.0 Å². The molecular weight excluding hydrogens is 368 g/mol. The van der Waals surface area contributed by atoms with Crippen molar-refractivity contribution in [3.05, 3.63) is 51.9 Å². The molecule has 0 aliphatic rings. The Hall–Kier alpha value is -1.41. The molecule has 2 rings (SSSR count). The maximum Gasteiger partial charge on any atom is 0.252 e. The average Bonchev–Trinajstić information content (AvgIpc) is 2.96. The Kier molecular flexibility index (Phi) is 6.03. The molecule has 5 nitrogen and oxygen atoms in total. The minimum absolute atomic E-state index is 0.129. The summed E-state index contributed by atoms with van der Waals surface area (Å²) >= 11 is 6.77. The van der Waals surface area contributed by atoms with Crippen molar-refractivity contribution >= 4 is 38.9 Å². The monoisotopic (exact) mass is 386 g/mol. The van der Waals surface area contributed by atoms with Gasteiger partial charge in [0.2, 0.25) is 5.91 Å². The van der Waals surface area contributed by atoms with Gasteiger partial charge in [-0.05, 0) is 30.2 Å². The van der Waals surface area contributed by atoms with Gasteiger partial charge in [-0.25, -0.2) is 8.42 Å². The predicted molar refractivity (Wildman–Crippen MR) is 96.8 cm³/mol. The summed E-state index contributed by atoms with van der Waals surface area (Å²) in [6.45, 7) is 2.19. The van der Waals surface area contributed by atoms with Gasteiger partial charge in [0.15, 0.2) is 0 Å². The highest BCUT2D eigenvalue weighted by atomic mass is 35.5. The Morgan fingerprint density at radius 3 is 2.42 bits per heavy atom. The van der Waals surface area contributed by atoms with Gasteiger partial charge in [-0.2, -0.15) is 4.31 Å². The SMILES string of the molecule is Cc1ccccc1CN(C)C(=O)CN(C)S(=O)(=O)c1ccc(Cl)s1. The van der Waals surface area contributed by atoms with Crippen molar-refractivity contribution in [1.82, 2.24) is 9.21 Å². The first kappa shape index (κ1) is 18.9. The van der Waals surface area contributed by atoms with Gasteiger partial charge >= 0.3 is 0 Å². The number of hydrogen-bond acceptors (Lipinski definition) is 4. The molecule has 0 saturated carbocycles. The van der Waals surface area contributed by atoms with Crippen molar-refractivity contribution in [2.45, 2.75) is 17.7 Å². The van der Waals surface area contributed by atoms with Crippen LogP contribution in [0.4, 0.5) is 0 Å². The quantitative estimate of drug-likeness (QED) is 0.766. The minimum atomic E-state index is -3.71. The predicted octanol–water partition coefficient (Wildman–Crippen LogP) is 2.99. The van der Waals surface area contributed by atoms with E-state index in [9.17, 15) is 13.2 Å². The van der Waals surface area contributed by atoms with Gasteiger partial charge in [-0.3, -0.25) is 4.79 Å². The molecule has 2 aromatic rings. The molecule has 0 aliphatic carbocycles. The van der Waals surface area contributed by atoms with E-state index in [-0.39, 0.29) is 16.7 Å². The molecule has 0 atom stereocenters. The highest BCUT2D eigenvalue weighted by Crippen LogP contribution is 2.27. The third kappa shape index (κ3) is 4.36. The molecule has 0 bridgehead atoms. The second-order valence-corrected chi connectivity index (χ2v) is 9.48. The van der Waals surface area contributed by atoms with Gasteiger partial charge in [0.05, 0.1) is 10.9 Å². The first-order valence-electron chi connectivity index (χ1n) is 7.22. The molecular formula is C16H19ClN2O3S2. The molecule has 0 radical (unpaired) electrons. The Labute approximate surface area is 151 Å². The number of amides is 1. The van der Waals surface area contributed by atoms with E-state index in [1.807, 2.05) is 31.2 Å². The molecule has 1 heterocycles. The summed E-state index contributed by atoms with van der Waals surface area (Å²) in [6.07, 6.45) is 0. The lowest BCUT2D eigenvalue weighted by Gasteiger charge is -2.22. The number of sulfonamides is 1. The van der Waals surface area contributed by atoms with E-state index in [1.54, 1.807) is 7.05 Å². The molecule has 24 heavy (non-hydrogen) atoms. The smallest absolute Gasteiger partial charge is 0.252 e. The summed E-state index contributed by atoms with van der Waals surface area (Å²) in [6, 6.07) is 10.8. The molecule has 0 spiro atoms. The average molecular weight is 387 g/mol. The van der Waals surface area contributed by atoms with Crippen LogP contribution < -0.4 is 0 Å². The second kappa shape index (κ2) is 7.65. The number of halogens is 1. The zero-order valence-electron chi connectivity index (χ0n) is 13.7. The van der Waals surface area contributed by atoms with Crippen LogP contribution in [0, 0.1) is 6.92 Å². The highest BCUT2D eigenvalue weighted by molar-refractivity contribution is 7.91. The van der Waals surface area contributed by atoms with E-state index >= 15 is 0 Å². The van der Waals surface area contributed by atoms with Crippen LogP contribution in [0.1, 0.15) is 11.1 Å². The fraction of sp³-hybridized carbons (Fsp3) is 0.312. The summed E-state index contributed by atoms with van der Waals surface area (Å²) in [5.74, 6) is -0.271. The van der Waals surface area contributed by atoms with E-state index < -0.39 is 10.0 Å². The van der Waals surface area contributed by atoms with E-state index in [1.165, 1.54) is 24.1 Å². The fourth-order valence-electron chi connectivity index (χ4n) is 2.12. The molecule has 130 valence electrons. The third-order valence-electron chi connectivity index (χ3n) is 3.67. The van der Waals surface area contributed by atoms with Gasteiger partial charge in [0, 0.05) is 20.6 Å². The summed E-state index contributed by atoms with van der Waals surface area (Å²) in [5.41, 5.74) is 2.12. The van der Waals surface area contributed by atoms with Crippen molar-refractivity contribution in [2.75, 3.05) is 20.6 Å². The molecule has 1 aromatic carbocycles. The van der Waals surface area contributed by atoms with Crippen LogP contribution in [-0.4, -0.2) is 44.2 Å². The zero-order chi connectivity index (χ0) is 17.9. The number of aryl methyl sites for hydroxylation is 1. The molecule has 1 amide bonds. The van der Waals surface area contributed by atoms with E-state index in [0.717, 1.165) is 26.8 Å². The molecule has 0 N–H and O–H groups in total. The van der Waals surface area contributed by atoms with Gasteiger partial charge in [0.1, 0.15) is 4.21 Å². The number of benzene rings is 1.